The Morgan fingerprint density at radius 2 is 1.30 bits per heavy atom. The lowest BCUT2D eigenvalue weighted by atomic mass is 9.67. The Balaban J connectivity index is 1.31. The summed E-state index contributed by atoms with van der Waals surface area (Å²) in [5, 5.41) is 4.98. The van der Waals surface area contributed by atoms with Gasteiger partial charge in [0.1, 0.15) is 24.2 Å². The minimum Gasteiger partial charge on any atom is -0.491 e. The first-order chi connectivity index (χ1) is 21.3. The monoisotopic (exact) mass is 562 g/mol. The standard InChI is InChI=1S/C39H30O4/c1-2-7-27-22-36-34(21-26(27)6-1)38-33-8-4-3-5-25(33)9-18-35(38)39(36,28-10-14-30(15-11-28)41-23-32-24-42-32)29-12-16-31(17-13-29)43-37-19-20-40-37/h1-18,21-22,32,37H,19-20,23-24H2. The average Bonchev–Trinajstić information content (AvgIpc) is 3.83. The van der Waals surface area contributed by atoms with Crippen molar-refractivity contribution in [2.24, 2.45) is 0 Å². The Morgan fingerprint density at radius 1 is 0.651 bits per heavy atom. The predicted octanol–water partition coefficient (Wildman–Crippen LogP) is 8.26. The smallest absolute Gasteiger partial charge is 0.202 e. The molecule has 2 fully saturated rings. The third kappa shape index (κ3) is 3.98. The fourth-order valence-electron chi connectivity index (χ4n) is 6.96. The maximum atomic E-state index is 6.08. The lowest BCUT2D eigenvalue weighted by Gasteiger charge is -2.34. The molecule has 9 rings (SSSR count). The highest BCUT2D eigenvalue weighted by atomic mass is 16.7. The summed E-state index contributed by atoms with van der Waals surface area (Å²) in [5.74, 6) is 1.68. The lowest BCUT2D eigenvalue weighted by molar-refractivity contribution is -0.165. The molecule has 3 aliphatic rings. The van der Waals surface area contributed by atoms with Crippen LogP contribution in [0.4, 0.5) is 0 Å². The SMILES string of the molecule is c1ccc2cc3c(cc2c1)-c1c(ccc2ccccc12)C3(c1ccc(OCC2CO2)cc1)c1ccc(OC2CCO2)cc1. The molecule has 0 spiro atoms. The molecule has 4 nitrogen and oxygen atoms in total. The summed E-state index contributed by atoms with van der Waals surface area (Å²) >= 11 is 0. The molecular formula is C39H30O4. The first kappa shape index (κ1) is 24.9. The molecule has 2 heterocycles. The average molecular weight is 563 g/mol. The van der Waals surface area contributed by atoms with Crippen molar-refractivity contribution in [2.45, 2.75) is 24.2 Å². The van der Waals surface area contributed by atoms with Crippen LogP contribution in [0, 0.1) is 0 Å². The minimum atomic E-state index is -0.539. The van der Waals surface area contributed by atoms with Crippen LogP contribution in [0.2, 0.25) is 0 Å². The highest BCUT2D eigenvalue weighted by Crippen LogP contribution is 2.58. The molecule has 2 aliphatic heterocycles. The van der Waals surface area contributed by atoms with Gasteiger partial charge in [-0.05, 0) is 91.3 Å². The van der Waals surface area contributed by atoms with E-state index in [9.17, 15) is 0 Å². The minimum absolute atomic E-state index is 0.154. The molecular weight excluding hydrogens is 532 g/mol. The predicted molar refractivity (Wildman–Crippen MR) is 169 cm³/mol. The maximum absolute atomic E-state index is 6.08. The summed E-state index contributed by atoms with van der Waals surface area (Å²) in [6.07, 6.45) is 0.986. The normalized spacial score (nSPS) is 21.7. The zero-order chi connectivity index (χ0) is 28.4. The second-order valence-electron chi connectivity index (χ2n) is 11.7. The van der Waals surface area contributed by atoms with E-state index in [1.54, 1.807) is 0 Å². The van der Waals surface area contributed by atoms with Gasteiger partial charge in [0.25, 0.3) is 0 Å². The molecule has 6 aromatic rings. The van der Waals surface area contributed by atoms with Gasteiger partial charge in [-0.25, -0.2) is 0 Å². The Hall–Kier alpha value is -4.64. The molecule has 43 heavy (non-hydrogen) atoms. The summed E-state index contributed by atoms with van der Waals surface area (Å²) in [6.45, 7) is 2.12. The van der Waals surface area contributed by atoms with Gasteiger partial charge in [-0.1, -0.05) is 84.9 Å². The van der Waals surface area contributed by atoms with Gasteiger partial charge in [-0.15, -0.1) is 0 Å². The van der Waals surface area contributed by atoms with Crippen LogP contribution in [0.1, 0.15) is 28.7 Å². The molecule has 0 aromatic heterocycles. The first-order valence-corrected chi connectivity index (χ1v) is 15.1. The number of ether oxygens (including phenoxy) is 4. The van der Waals surface area contributed by atoms with Gasteiger partial charge in [0.15, 0.2) is 0 Å². The van der Waals surface area contributed by atoms with Crippen LogP contribution in [0.25, 0.3) is 32.7 Å². The molecule has 4 heteroatoms. The molecule has 0 N–H and O–H groups in total. The van der Waals surface area contributed by atoms with Crippen LogP contribution in [0.15, 0.2) is 121 Å². The number of benzene rings is 6. The zero-order valence-corrected chi connectivity index (χ0v) is 23.7. The number of epoxide rings is 1. The zero-order valence-electron chi connectivity index (χ0n) is 23.7. The van der Waals surface area contributed by atoms with Crippen LogP contribution in [0.3, 0.4) is 0 Å². The van der Waals surface area contributed by atoms with E-state index in [0.29, 0.717) is 6.61 Å². The second-order valence-corrected chi connectivity index (χ2v) is 11.7. The topological polar surface area (TPSA) is 40.2 Å². The Kier molecular flexibility index (Phi) is 5.62. The van der Waals surface area contributed by atoms with E-state index in [2.05, 4.69) is 121 Å². The lowest BCUT2D eigenvalue weighted by Crippen LogP contribution is -2.32. The quantitative estimate of drug-likeness (QED) is 0.183. The summed E-state index contributed by atoms with van der Waals surface area (Å²) in [5.41, 5.74) is 7.00. The number of hydrogen-bond donors (Lipinski definition) is 0. The van der Waals surface area contributed by atoms with Crippen molar-refractivity contribution in [1.29, 1.82) is 0 Å². The van der Waals surface area contributed by atoms with Crippen LogP contribution in [0.5, 0.6) is 11.5 Å². The third-order valence-corrected chi connectivity index (χ3v) is 9.23. The number of fused-ring (bicyclic) bond motifs is 6. The molecule has 1 aliphatic carbocycles. The van der Waals surface area contributed by atoms with Crippen LogP contribution < -0.4 is 9.47 Å². The maximum Gasteiger partial charge on any atom is 0.202 e. The summed E-state index contributed by atoms with van der Waals surface area (Å²) in [6, 6.07) is 44.1. The van der Waals surface area contributed by atoms with Gasteiger partial charge in [-0.2, -0.15) is 0 Å². The largest absolute Gasteiger partial charge is 0.491 e. The molecule has 6 aromatic carbocycles. The van der Waals surface area contributed by atoms with E-state index in [4.69, 9.17) is 18.9 Å². The van der Waals surface area contributed by atoms with Gasteiger partial charge >= 0.3 is 0 Å². The summed E-state index contributed by atoms with van der Waals surface area (Å²) in [4.78, 5) is 0. The molecule has 2 saturated heterocycles. The van der Waals surface area contributed by atoms with E-state index in [1.165, 1.54) is 54.9 Å². The number of hydrogen-bond acceptors (Lipinski definition) is 4. The number of rotatable bonds is 7. The van der Waals surface area contributed by atoms with Gasteiger partial charge in [0.05, 0.1) is 18.6 Å². The molecule has 0 bridgehead atoms. The van der Waals surface area contributed by atoms with Crippen molar-refractivity contribution >= 4 is 21.5 Å². The molecule has 3 unspecified atom stereocenters. The molecule has 0 saturated carbocycles. The van der Waals surface area contributed by atoms with Crippen molar-refractivity contribution in [2.75, 3.05) is 19.8 Å². The van der Waals surface area contributed by atoms with Crippen molar-refractivity contribution in [3.05, 3.63) is 144 Å². The molecule has 0 radical (unpaired) electrons. The van der Waals surface area contributed by atoms with Crippen LogP contribution in [-0.2, 0) is 14.9 Å². The molecule has 3 atom stereocenters. The second kappa shape index (κ2) is 9.70. The fraction of sp³-hybridized carbons (Fsp3) is 0.179. The summed E-state index contributed by atoms with van der Waals surface area (Å²) < 4.78 is 23.0. The van der Waals surface area contributed by atoms with E-state index >= 15 is 0 Å². The van der Waals surface area contributed by atoms with E-state index in [-0.39, 0.29) is 12.4 Å². The molecule has 210 valence electrons. The van der Waals surface area contributed by atoms with E-state index < -0.39 is 5.41 Å². The van der Waals surface area contributed by atoms with Crippen LogP contribution in [-0.4, -0.2) is 32.2 Å². The van der Waals surface area contributed by atoms with Crippen molar-refractivity contribution in [1.82, 2.24) is 0 Å². The van der Waals surface area contributed by atoms with Gasteiger partial charge < -0.3 is 18.9 Å². The van der Waals surface area contributed by atoms with Crippen LogP contribution >= 0.6 is 0 Å². The third-order valence-electron chi connectivity index (χ3n) is 9.23. The van der Waals surface area contributed by atoms with Gasteiger partial charge in [0.2, 0.25) is 6.29 Å². The van der Waals surface area contributed by atoms with Gasteiger partial charge in [-0.3, -0.25) is 0 Å². The Labute approximate surface area is 250 Å². The highest BCUT2D eigenvalue weighted by molar-refractivity contribution is 6.06. The first-order valence-electron chi connectivity index (χ1n) is 15.1. The fourth-order valence-corrected chi connectivity index (χ4v) is 6.96. The van der Waals surface area contributed by atoms with E-state index in [0.717, 1.165) is 31.1 Å². The van der Waals surface area contributed by atoms with Gasteiger partial charge in [0, 0.05) is 6.42 Å². The Bertz CT molecular complexity index is 1990. The van der Waals surface area contributed by atoms with Crippen molar-refractivity contribution in [3.8, 4) is 22.6 Å². The van der Waals surface area contributed by atoms with Crippen molar-refractivity contribution < 1.29 is 18.9 Å². The molecule has 0 amide bonds. The van der Waals surface area contributed by atoms with Crippen molar-refractivity contribution in [3.63, 3.8) is 0 Å². The Morgan fingerprint density at radius 3 is 1.98 bits per heavy atom. The summed E-state index contributed by atoms with van der Waals surface area (Å²) in [7, 11) is 0. The van der Waals surface area contributed by atoms with E-state index in [1.807, 2.05) is 0 Å². The highest BCUT2D eigenvalue weighted by Gasteiger charge is 2.47.